The van der Waals surface area contributed by atoms with E-state index in [0.717, 1.165) is 0 Å². The molecule has 9 heteroatoms. The molecular formula is C18H18F2N2O5. The Bertz CT molecular complexity index is 765. The fourth-order valence-corrected chi connectivity index (χ4v) is 2.37. The van der Waals surface area contributed by atoms with Crippen LogP contribution in [0.1, 0.15) is 22.5 Å². The van der Waals surface area contributed by atoms with Crippen molar-refractivity contribution in [1.82, 2.24) is 10.6 Å². The lowest BCUT2D eigenvalue weighted by molar-refractivity contribution is -0.143. The highest BCUT2D eigenvalue weighted by Gasteiger charge is 2.29. The molecule has 0 aliphatic carbocycles. The molecule has 2 aromatic rings. The van der Waals surface area contributed by atoms with Gasteiger partial charge in [0.25, 0.3) is 5.91 Å². The highest BCUT2D eigenvalue weighted by Crippen LogP contribution is 2.09. The van der Waals surface area contributed by atoms with Crippen LogP contribution in [0.25, 0.3) is 0 Å². The lowest BCUT2D eigenvalue weighted by atomic mass is 10.0. The number of aliphatic carboxylic acids is 1. The monoisotopic (exact) mass is 380 g/mol. The highest BCUT2D eigenvalue weighted by molar-refractivity contribution is 5.96. The van der Waals surface area contributed by atoms with Crippen LogP contribution in [-0.4, -0.2) is 41.4 Å². The maximum absolute atomic E-state index is 12.5. The quantitative estimate of drug-likeness (QED) is 0.615. The standard InChI is InChI=1S/C18H18F2N2O5/c19-15(20)10-13(18(25)26)22-16(23)12(9-11-5-2-1-3-6-11)21-17(24)14-7-4-8-27-14/h1-8,12-13,15H,9-10H2,(H,21,24)(H,22,23)(H,25,26). The third kappa shape index (κ3) is 6.21. The van der Waals surface area contributed by atoms with Gasteiger partial charge in [-0.15, -0.1) is 0 Å². The van der Waals surface area contributed by atoms with E-state index < -0.39 is 42.7 Å². The summed E-state index contributed by atoms with van der Waals surface area (Å²) in [4.78, 5) is 35.8. The Labute approximate surface area is 153 Å². The van der Waals surface area contributed by atoms with E-state index in [1.807, 2.05) is 0 Å². The van der Waals surface area contributed by atoms with Crippen molar-refractivity contribution in [2.24, 2.45) is 0 Å². The van der Waals surface area contributed by atoms with Crippen LogP contribution in [0.3, 0.4) is 0 Å². The number of carbonyl (C=O) groups excluding carboxylic acids is 2. The molecule has 0 saturated heterocycles. The lowest BCUT2D eigenvalue weighted by Gasteiger charge is -2.21. The van der Waals surface area contributed by atoms with Crippen LogP contribution in [0.15, 0.2) is 53.1 Å². The highest BCUT2D eigenvalue weighted by atomic mass is 19.3. The molecule has 0 spiro atoms. The molecule has 0 aliphatic heterocycles. The number of carbonyl (C=O) groups is 3. The first-order valence-corrected chi connectivity index (χ1v) is 8.06. The Balaban J connectivity index is 2.15. The van der Waals surface area contributed by atoms with Gasteiger partial charge in [-0.1, -0.05) is 30.3 Å². The Morgan fingerprint density at radius 1 is 1.00 bits per heavy atom. The molecule has 3 N–H and O–H groups in total. The summed E-state index contributed by atoms with van der Waals surface area (Å²) in [6, 6.07) is 8.60. The van der Waals surface area contributed by atoms with Crippen molar-refractivity contribution in [3.05, 3.63) is 60.1 Å². The first-order valence-electron chi connectivity index (χ1n) is 8.06. The molecule has 0 aliphatic rings. The SMILES string of the molecule is O=C(NC(Cc1ccccc1)C(=O)NC(CC(F)F)C(=O)O)c1ccco1. The maximum Gasteiger partial charge on any atom is 0.326 e. The number of amides is 2. The van der Waals surface area contributed by atoms with E-state index >= 15 is 0 Å². The molecule has 2 unspecified atom stereocenters. The molecule has 0 saturated carbocycles. The van der Waals surface area contributed by atoms with Crippen LogP contribution >= 0.6 is 0 Å². The molecule has 1 aromatic carbocycles. The van der Waals surface area contributed by atoms with Gasteiger partial charge in [0.15, 0.2) is 5.76 Å². The number of hydrogen-bond acceptors (Lipinski definition) is 4. The minimum Gasteiger partial charge on any atom is -0.480 e. The molecule has 2 atom stereocenters. The minimum absolute atomic E-state index is 0.0387. The first kappa shape index (κ1) is 20.1. The Kier molecular flexibility index (Phi) is 7.04. The Hall–Kier alpha value is -3.23. The van der Waals surface area contributed by atoms with Gasteiger partial charge in [0.05, 0.1) is 6.26 Å². The topological polar surface area (TPSA) is 109 Å². The number of halogens is 2. The number of furan rings is 1. The lowest BCUT2D eigenvalue weighted by Crippen LogP contribution is -2.52. The summed E-state index contributed by atoms with van der Waals surface area (Å²) in [6.45, 7) is 0. The molecule has 1 heterocycles. The van der Waals surface area contributed by atoms with E-state index in [1.165, 1.54) is 18.4 Å². The van der Waals surface area contributed by atoms with E-state index in [2.05, 4.69) is 10.6 Å². The van der Waals surface area contributed by atoms with E-state index in [-0.39, 0.29) is 12.2 Å². The molecule has 0 radical (unpaired) electrons. The van der Waals surface area contributed by atoms with Gasteiger partial charge < -0.3 is 20.2 Å². The van der Waals surface area contributed by atoms with Gasteiger partial charge in [-0.2, -0.15) is 0 Å². The molecule has 2 amide bonds. The molecule has 2 rings (SSSR count). The van der Waals surface area contributed by atoms with Gasteiger partial charge in [-0.05, 0) is 17.7 Å². The predicted octanol–water partition coefficient (Wildman–Crippen LogP) is 1.85. The summed E-state index contributed by atoms with van der Waals surface area (Å²) in [5.74, 6) is -3.19. The van der Waals surface area contributed by atoms with Gasteiger partial charge in [0.1, 0.15) is 12.1 Å². The zero-order valence-electron chi connectivity index (χ0n) is 14.1. The average molecular weight is 380 g/mol. The fourth-order valence-electron chi connectivity index (χ4n) is 2.37. The largest absolute Gasteiger partial charge is 0.480 e. The van der Waals surface area contributed by atoms with Gasteiger partial charge in [-0.25, -0.2) is 13.6 Å². The van der Waals surface area contributed by atoms with Crippen molar-refractivity contribution < 1.29 is 32.7 Å². The van der Waals surface area contributed by atoms with E-state index in [0.29, 0.717) is 5.56 Å². The van der Waals surface area contributed by atoms with Crippen molar-refractivity contribution in [2.45, 2.75) is 31.4 Å². The van der Waals surface area contributed by atoms with Crippen LogP contribution in [0, 0.1) is 0 Å². The van der Waals surface area contributed by atoms with Gasteiger partial charge in [-0.3, -0.25) is 9.59 Å². The smallest absolute Gasteiger partial charge is 0.326 e. The number of carboxylic acids is 1. The van der Waals surface area contributed by atoms with Gasteiger partial charge in [0, 0.05) is 12.8 Å². The number of carboxylic acid groups (broad SMARTS) is 1. The molecule has 0 fully saturated rings. The third-order valence-corrected chi connectivity index (χ3v) is 3.68. The number of hydrogen-bond donors (Lipinski definition) is 3. The average Bonchev–Trinajstić information content (AvgIpc) is 3.15. The summed E-state index contributed by atoms with van der Waals surface area (Å²) in [6.07, 6.45) is -2.62. The van der Waals surface area contributed by atoms with Crippen molar-refractivity contribution in [3.8, 4) is 0 Å². The van der Waals surface area contributed by atoms with Crippen LogP contribution in [0.4, 0.5) is 8.78 Å². The summed E-state index contributed by atoms with van der Waals surface area (Å²) < 4.78 is 30.0. The predicted molar refractivity (Wildman–Crippen MR) is 90.3 cm³/mol. The van der Waals surface area contributed by atoms with E-state index in [9.17, 15) is 23.2 Å². The molecular weight excluding hydrogens is 362 g/mol. The first-order chi connectivity index (χ1) is 12.9. The summed E-state index contributed by atoms with van der Waals surface area (Å²) in [7, 11) is 0. The zero-order valence-corrected chi connectivity index (χ0v) is 14.1. The summed E-state index contributed by atoms with van der Waals surface area (Å²) in [5.41, 5.74) is 0.693. The van der Waals surface area contributed by atoms with Crippen molar-refractivity contribution in [2.75, 3.05) is 0 Å². The van der Waals surface area contributed by atoms with Gasteiger partial charge >= 0.3 is 5.97 Å². The van der Waals surface area contributed by atoms with E-state index in [4.69, 9.17) is 9.52 Å². The number of rotatable bonds is 9. The minimum atomic E-state index is -2.91. The molecule has 7 nitrogen and oxygen atoms in total. The summed E-state index contributed by atoms with van der Waals surface area (Å²) in [5, 5.41) is 13.5. The number of nitrogens with one attached hydrogen (secondary N) is 2. The zero-order chi connectivity index (χ0) is 19.8. The van der Waals surface area contributed by atoms with Crippen molar-refractivity contribution >= 4 is 17.8 Å². The van der Waals surface area contributed by atoms with Crippen LogP contribution in [0.5, 0.6) is 0 Å². The second kappa shape index (κ2) is 9.46. The fraction of sp³-hybridized carbons (Fsp3) is 0.278. The normalized spacial score (nSPS) is 13.0. The van der Waals surface area contributed by atoms with Crippen molar-refractivity contribution in [3.63, 3.8) is 0 Å². The van der Waals surface area contributed by atoms with Crippen molar-refractivity contribution in [1.29, 1.82) is 0 Å². The summed E-state index contributed by atoms with van der Waals surface area (Å²) >= 11 is 0. The maximum atomic E-state index is 12.5. The Morgan fingerprint density at radius 3 is 2.26 bits per heavy atom. The second-order valence-corrected chi connectivity index (χ2v) is 5.72. The van der Waals surface area contributed by atoms with Crippen LogP contribution in [-0.2, 0) is 16.0 Å². The third-order valence-electron chi connectivity index (χ3n) is 3.68. The van der Waals surface area contributed by atoms with Gasteiger partial charge in [0.2, 0.25) is 12.3 Å². The second-order valence-electron chi connectivity index (χ2n) is 5.72. The number of alkyl halides is 2. The Morgan fingerprint density at radius 2 is 1.70 bits per heavy atom. The van der Waals surface area contributed by atoms with E-state index in [1.54, 1.807) is 30.3 Å². The van der Waals surface area contributed by atoms with Crippen LogP contribution < -0.4 is 10.6 Å². The number of benzene rings is 1. The molecule has 0 bridgehead atoms. The molecule has 144 valence electrons. The van der Waals surface area contributed by atoms with Crippen LogP contribution in [0.2, 0.25) is 0 Å². The molecule has 1 aromatic heterocycles. The molecule has 27 heavy (non-hydrogen) atoms.